The second-order valence-corrected chi connectivity index (χ2v) is 7.25. The van der Waals surface area contributed by atoms with Crippen molar-refractivity contribution in [3.63, 3.8) is 0 Å². The summed E-state index contributed by atoms with van der Waals surface area (Å²) in [6, 6.07) is 4.80. The number of aliphatic hydroxyl groups excluding tert-OH is 1. The van der Waals surface area contributed by atoms with Gasteiger partial charge in [0.2, 0.25) is 10.0 Å². The van der Waals surface area contributed by atoms with Crippen LogP contribution in [0.3, 0.4) is 0 Å². The number of anilines is 1. The maximum absolute atomic E-state index is 12.8. The van der Waals surface area contributed by atoms with Gasteiger partial charge in [-0.2, -0.15) is 4.31 Å². The molecule has 0 aromatic heterocycles. The molecule has 1 fully saturated rings. The molecule has 20 heavy (non-hydrogen) atoms. The summed E-state index contributed by atoms with van der Waals surface area (Å²) >= 11 is 0. The highest BCUT2D eigenvalue weighted by Crippen LogP contribution is 2.28. The Hall–Kier alpha value is -1.11. The maximum Gasteiger partial charge on any atom is 0.243 e. The van der Waals surface area contributed by atoms with Gasteiger partial charge in [0.25, 0.3) is 0 Å². The summed E-state index contributed by atoms with van der Waals surface area (Å²) < 4.78 is 27.1. The van der Waals surface area contributed by atoms with Gasteiger partial charge < -0.3 is 10.8 Å². The molecular formula is C14H22N2O3S. The molecule has 0 radical (unpaired) electrons. The molecule has 112 valence electrons. The minimum absolute atomic E-state index is 0.00659. The molecule has 0 aliphatic carbocycles. The molecule has 1 heterocycles. The second kappa shape index (κ2) is 6.11. The molecule has 1 aliphatic heterocycles. The Bertz CT molecular complexity index is 550. The fourth-order valence-corrected chi connectivity index (χ4v) is 4.65. The second-order valence-electron chi connectivity index (χ2n) is 5.36. The van der Waals surface area contributed by atoms with Gasteiger partial charge in [0, 0.05) is 24.9 Å². The van der Waals surface area contributed by atoms with Crippen LogP contribution in [0, 0.1) is 6.92 Å². The van der Waals surface area contributed by atoms with Crippen molar-refractivity contribution in [2.24, 2.45) is 0 Å². The Morgan fingerprint density at radius 3 is 2.75 bits per heavy atom. The van der Waals surface area contributed by atoms with E-state index in [-0.39, 0.29) is 17.5 Å². The van der Waals surface area contributed by atoms with E-state index in [4.69, 9.17) is 10.8 Å². The SMILES string of the molecule is Cc1cc(N)cc(S(=O)(=O)N2CCCCC2CCO)c1. The summed E-state index contributed by atoms with van der Waals surface area (Å²) in [5.41, 5.74) is 7.05. The van der Waals surface area contributed by atoms with Crippen LogP contribution in [0.2, 0.25) is 0 Å². The van der Waals surface area contributed by atoms with E-state index >= 15 is 0 Å². The van der Waals surface area contributed by atoms with Crippen molar-refractivity contribution in [2.45, 2.75) is 43.5 Å². The first-order valence-corrected chi connectivity index (χ1v) is 8.39. The quantitative estimate of drug-likeness (QED) is 0.825. The lowest BCUT2D eigenvalue weighted by molar-refractivity contribution is 0.192. The zero-order valence-corrected chi connectivity index (χ0v) is 12.6. The molecule has 1 aliphatic rings. The maximum atomic E-state index is 12.8. The molecule has 3 N–H and O–H groups in total. The van der Waals surface area contributed by atoms with Gasteiger partial charge >= 0.3 is 0 Å². The molecule has 1 aromatic rings. The largest absolute Gasteiger partial charge is 0.399 e. The molecule has 5 nitrogen and oxygen atoms in total. The number of aliphatic hydroxyl groups is 1. The van der Waals surface area contributed by atoms with Crippen molar-refractivity contribution in [3.8, 4) is 0 Å². The van der Waals surface area contributed by atoms with Crippen LogP contribution < -0.4 is 5.73 Å². The summed E-state index contributed by atoms with van der Waals surface area (Å²) in [5, 5.41) is 9.12. The third-order valence-electron chi connectivity index (χ3n) is 3.72. The molecule has 6 heteroatoms. The zero-order valence-electron chi connectivity index (χ0n) is 11.7. The number of aryl methyl sites for hydroxylation is 1. The van der Waals surface area contributed by atoms with E-state index < -0.39 is 10.0 Å². The number of nitrogens with two attached hydrogens (primary N) is 1. The Labute approximate surface area is 120 Å². The van der Waals surface area contributed by atoms with Crippen LogP contribution in [-0.4, -0.2) is 37.0 Å². The van der Waals surface area contributed by atoms with Gasteiger partial charge in [0.1, 0.15) is 0 Å². The predicted molar refractivity (Wildman–Crippen MR) is 78.8 cm³/mol. The first kappa shape index (κ1) is 15.3. The Balaban J connectivity index is 2.36. The third-order valence-corrected chi connectivity index (χ3v) is 5.64. The number of nitrogens with zero attached hydrogens (tertiary/aromatic N) is 1. The normalized spacial score (nSPS) is 21.0. The third kappa shape index (κ3) is 3.13. The minimum Gasteiger partial charge on any atom is -0.399 e. The first-order valence-electron chi connectivity index (χ1n) is 6.95. The molecular weight excluding hydrogens is 276 g/mol. The van der Waals surface area contributed by atoms with Gasteiger partial charge in [-0.25, -0.2) is 8.42 Å². The van der Waals surface area contributed by atoms with Gasteiger partial charge in [-0.1, -0.05) is 6.42 Å². The standard InChI is InChI=1S/C14H22N2O3S/c1-11-8-12(15)10-14(9-11)20(18,19)16-6-3-2-4-13(16)5-7-17/h8-10,13,17H,2-7,15H2,1H3. The highest BCUT2D eigenvalue weighted by molar-refractivity contribution is 7.89. The molecule has 1 atom stereocenters. The average Bonchev–Trinajstić information content (AvgIpc) is 2.38. The number of sulfonamides is 1. The molecule has 0 bridgehead atoms. The molecule has 1 saturated heterocycles. The van der Waals surface area contributed by atoms with E-state index in [0.717, 1.165) is 24.8 Å². The summed E-state index contributed by atoms with van der Waals surface area (Å²) in [6.45, 7) is 2.35. The van der Waals surface area contributed by atoms with Crippen LogP contribution in [0.15, 0.2) is 23.1 Å². The van der Waals surface area contributed by atoms with Crippen LogP contribution in [0.4, 0.5) is 5.69 Å². The van der Waals surface area contributed by atoms with Crippen molar-refractivity contribution >= 4 is 15.7 Å². The molecule has 0 spiro atoms. The summed E-state index contributed by atoms with van der Waals surface area (Å²) in [7, 11) is -3.54. The highest BCUT2D eigenvalue weighted by Gasteiger charge is 2.33. The number of piperidine rings is 1. The van der Waals surface area contributed by atoms with Crippen molar-refractivity contribution in [3.05, 3.63) is 23.8 Å². The van der Waals surface area contributed by atoms with Gasteiger partial charge in [-0.3, -0.25) is 0 Å². The van der Waals surface area contributed by atoms with E-state index in [1.54, 1.807) is 12.1 Å². The average molecular weight is 298 g/mol. The van der Waals surface area contributed by atoms with E-state index in [1.807, 2.05) is 6.92 Å². The zero-order chi connectivity index (χ0) is 14.8. The smallest absolute Gasteiger partial charge is 0.243 e. The topological polar surface area (TPSA) is 83.6 Å². The predicted octanol–water partition coefficient (Wildman–Crippen LogP) is 1.50. The fraction of sp³-hybridized carbons (Fsp3) is 0.571. The van der Waals surface area contributed by atoms with E-state index in [1.165, 1.54) is 10.4 Å². The van der Waals surface area contributed by atoms with E-state index in [2.05, 4.69) is 0 Å². The lowest BCUT2D eigenvalue weighted by Gasteiger charge is -2.34. The summed E-state index contributed by atoms with van der Waals surface area (Å²) in [5.74, 6) is 0. The summed E-state index contributed by atoms with van der Waals surface area (Å²) in [4.78, 5) is 0.250. The van der Waals surface area contributed by atoms with Crippen LogP contribution in [-0.2, 0) is 10.0 Å². The number of hydrogen-bond acceptors (Lipinski definition) is 4. The van der Waals surface area contributed by atoms with E-state index in [0.29, 0.717) is 18.7 Å². The monoisotopic (exact) mass is 298 g/mol. The first-order chi connectivity index (χ1) is 9.45. The number of nitrogen functional groups attached to an aromatic ring is 1. The fourth-order valence-electron chi connectivity index (χ4n) is 2.79. The number of hydrogen-bond donors (Lipinski definition) is 2. The molecule has 1 aromatic carbocycles. The Morgan fingerprint density at radius 1 is 1.35 bits per heavy atom. The van der Waals surface area contributed by atoms with Gasteiger partial charge in [-0.05, 0) is 49.9 Å². The van der Waals surface area contributed by atoms with Crippen molar-refractivity contribution in [1.82, 2.24) is 4.31 Å². The van der Waals surface area contributed by atoms with Gasteiger partial charge in [0.15, 0.2) is 0 Å². The van der Waals surface area contributed by atoms with Crippen molar-refractivity contribution < 1.29 is 13.5 Å². The van der Waals surface area contributed by atoms with E-state index in [9.17, 15) is 8.42 Å². The minimum atomic E-state index is -3.54. The molecule has 1 unspecified atom stereocenters. The molecule has 2 rings (SSSR count). The van der Waals surface area contributed by atoms with Crippen molar-refractivity contribution in [1.29, 1.82) is 0 Å². The number of benzene rings is 1. The van der Waals surface area contributed by atoms with Crippen LogP contribution in [0.25, 0.3) is 0 Å². The van der Waals surface area contributed by atoms with Crippen molar-refractivity contribution in [2.75, 3.05) is 18.9 Å². The molecule has 0 amide bonds. The van der Waals surface area contributed by atoms with Crippen LogP contribution in [0.5, 0.6) is 0 Å². The van der Waals surface area contributed by atoms with Gasteiger partial charge in [-0.15, -0.1) is 0 Å². The lowest BCUT2D eigenvalue weighted by Crippen LogP contribution is -2.44. The number of rotatable bonds is 4. The lowest BCUT2D eigenvalue weighted by atomic mass is 10.0. The van der Waals surface area contributed by atoms with Crippen LogP contribution >= 0.6 is 0 Å². The Morgan fingerprint density at radius 2 is 2.10 bits per heavy atom. The Kier molecular flexibility index (Phi) is 4.67. The highest BCUT2D eigenvalue weighted by atomic mass is 32.2. The van der Waals surface area contributed by atoms with Gasteiger partial charge in [0.05, 0.1) is 4.90 Å². The van der Waals surface area contributed by atoms with Crippen LogP contribution in [0.1, 0.15) is 31.2 Å². The summed E-state index contributed by atoms with van der Waals surface area (Å²) in [6.07, 6.45) is 3.16. The molecule has 0 saturated carbocycles.